The molecule has 4 atom stereocenters. The Balaban J connectivity index is 1.84. The monoisotopic (exact) mass is 241 g/mol. The van der Waals surface area contributed by atoms with Crippen LogP contribution in [0.25, 0.3) is 0 Å². The molecule has 2 fully saturated rings. The first-order valence-corrected chi connectivity index (χ1v) is 6.80. The molecule has 2 aliphatic rings. The largest absolute Gasteiger partial charge is 0.381 e. The van der Waals surface area contributed by atoms with Crippen LogP contribution in [0.5, 0.6) is 0 Å². The second-order valence-electron chi connectivity index (χ2n) is 6.01. The fourth-order valence-electron chi connectivity index (χ4n) is 3.20. The molecule has 4 nitrogen and oxygen atoms in total. The summed E-state index contributed by atoms with van der Waals surface area (Å²) in [5.41, 5.74) is 6.17. The lowest BCUT2D eigenvalue weighted by Gasteiger charge is -2.32. The number of hydrogen-bond acceptors (Lipinski definition) is 4. The summed E-state index contributed by atoms with van der Waals surface area (Å²) in [7, 11) is 4.36. The molecule has 0 aromatic heterocycles. The zero-order valence-corrected chi connectivity index (χ0v) is 11.4. The normalized spacial score (nSPS) is 40.1. The molecule has 0 saturated carbocycles. The first-order valence-electron chi connectivity index (χ1n) is 6.80. The molecule has 0 spiro atoms. The summed E-state index contributed by atoms with van der Waals surface area (Å²) < 4.78 is 5.55. The van der Waals surface area contributed by atoms with Crippen molar-refractivity contribution in [3.63, 3.8) is 0 Å². The molecule has 100 valence electrons. The number of likely N-dealkylation sites (tertiary alicyclic amines) is 1. The molecule has 2 aliphatic heterocycles. The second-order valence-corrected chi connectivity index (χ2v) is 6.01. The van der Waals surface area contributed by atoms with Crippen molar-refractivity contribution < 1.29 is 4.74 Å². The minimum Gasteiger partial charge on any atom is -0.381 e. The smallest absolute Gasteiger partial charge is 0.0521 e. The highest BCUT2D eigenvalue weighted by Gasteiger charge is 2.33. The van der Waals surface area contributed by atoms with Gasteiger partial charge in [0, 0.05) is 44.2 Å². The van der Waals surface area contributed by atoms with E-state index in [1.165, 1.54) is 13.1 Å². The van der Waals surface area contributed by atoms with E-state index >= 15 is 0 Å². The van der Waals surface area contributed by atoms with Gasteiger partial charge in [-0.3, -0.25) is 0 Å². The van der Waals surface area contributed by atoms with Crippen molar-refractivity contribution in [1.82, 2.24) is 9.80 Å². The highest BCUT2D eigenvalue weighted by Crippen LogP contribution is 2.23. The minimum atomic E-state index is 0.331. The van der Waals surface area contributed by atoms with Crippen molar-refractivity contribution in [2.24, 2.45) is 17.6 Å². The van der Waals surface area contributed by atoms with Gasteiger partial charge < -0.3 is 20.3 Å². The first kappa shape index (κ1) is 13.3. The zero-order chi connectivity index (χ0) is 12.4. The minimum absolute atomic E-state index is 0.331. The van der Waals surface area contributed by atoms with Crippen LogP contribution in [0.2, 0.25) is 0 Å². The van der Waals surface area contributed by atoms with E-state index in [0.717, 1.165) is 32.1 Å². The summed E-state index contributed by atoms with van der Waals surface area (Å²) in [5, 5.41) is 0. The van der Waals surface area contributed by atoms with Crippen LogP contribution in [0.15, 0.2) is 0 Å². The Kier molecular flexibility index (Phi) is 4.42. The average Bonchev–Trinajstić information content (AvgIpc) is 2.63. The lowest BCUT2D eigenvalue weighted by Crippen LogP contribution is -2.45. The molecule has 17 heavy (non-hydrogen) atoms. The highest BCUT2D eigenvalue weighted by molar-refractivity contribution is 4.89. The van der Waals surface area contributed by atoms with Gasteiger partial charge in [0.1, 0.15) is 0 Å². The number of ether oxygens (including phenoxy) is 1. The van der Waals surface area contributed by atoms with E-state index in [2.05, 4.69) is 30.8 Å². The van der Waals surface area contributed by atoms with E-state index in [0.29, 0.717) is 18.0 Å². The van der Waals surface area contributed by atoms with Crippen LogP contribution >= 0.6 is 0 Å². The molecular formula is C13H27N3O. The van der Waals surface area contributed by atoms with Gasteiger partial charge >= 0.3 is 0 Å². The van der Waals surface area contributed by atoms with E-state index in [1.807, 2.05) is 0 Å². The maximum Gasteiger partial charge on any atom is 0.0521 e. The lowest BCUT2D eigenvalue weighted by atomic mass is 9.96. The molecular weight excluding hydrogens is 214 g/mol. The fourth-order valence-corrected chi connectivity index (χ4v) is 3.20. The number of rotatable bonds is 3. The summed E-state index contributed by atoms with van der Waals surface area (Å²) in [6.07, 6.45) is 1.02. The predicted molar refractivity (Wildman–Crippen MR) is 70.0 cm³/mol. The van der Waals surface area contributed by atoms with Gasteiger partial charge in [-0.1, -0.05) is 6.92 Å². The molecule has 2 rings (SSSR count). The number of nitrogens with zero attached hydrogens (tertiary/aromatic N) is 2. The molecule has 0 aromatic rings. The number of likely N-dealkylation sites (N-methyl/N-ethyl adjacent to an activating group) is 1. The SMILES string of the molecule is CC1CN(CC2COCCC2N)CC1N(C)C. The Morgan fingerprint density at radius 2 is 2.12 bits per heavy atom. The Labute approximate surface area is 105 Å². The van der Waals surface area contributed by atoms with Gasteiger partial charge in [-0.05, 0) is 26.4 Å². The molecule has 0 amide bonds. The Morgan fingerprint density at radius 3 is 2.71 bits per heavy atom. The summed E-state index contributed by atoms with van der Waals surface area (Å²) in [6.45, 7) is 7.52. The summed E-state index contributed by atoms with van der Waals surface area (Å²) >= 11 is 0. The van der Waals surface area contributed by atoms with Crippen molar-refractivity contribution >= 4 is 0 Å². The second kappa shape index (κ2) is 5.65. The van der Waals surface area contributed by atoms with Crippen LogP contribution in [0, 0.1) is 11.8 Å². The van der Waals surface area contributed by atoms with E-state index in [1.54, 1.807) is 0 Å². The summed E-state index contributed by atoms with van der Waals surface area (Å²) in [6, 6.07) is 1.02. The molecule has 0 radical (unpaired) electrons. The van der Waals surface area contributed by atoms with E-state index < -0.39 is 0 Å². The third kappa shape index (κ3) is 3.19. The quantitative estimate of drug-likeness (QED) is 0.768. The highest BCUT2D eigenvalue weighted by atomic mass is 16.5. The van der Waals surface area contributed by atoms with Crippen LogP contribution in [0.1, 0.15) is 13.3 Å². The maximum absolute atomic E-state index is 6.17. The standard InChI is InChI=1S/C13H27N3O/c1-10-6-16(8-13(10)15(2)3)7-11-9-17-5-4-12(11)14/h10-13H,4-9,14H2,1-3H3. The van der Waals surface area contributed by atoms with Crippen LogP contribution in [0.4, 0.5) is 0 Å². The van der Waals surface area contributed by atoms with Gasteiger partial charge in [-0.25, -0.2) is 0 Å². The van der Waals surface area contributed by atoms with Gasteiger partial charge in [0.05, 0.1) is 6.61 Å². The van der Waals surface area contributed by atoms with Gasteiger partial charge in [-0.2, -0.15) is 0 Å². The van der Waals surface area contributed by atoms with Crippen molar-refractivity contribution in [2.45, 2.75) is 25.4 Å². The van der Waals surface area contributed by atoms with Crippen molar-refractivity contribution in [3.8, 4) is 0 Å². The van der Waals surface area contributed by atoms with Gasteiger partial charge in [0.2, 0.25) is 0 Å². The molecule has 0 bridgehead atoms. The third-order valence-corrected chi connectivity index (χ3v) is 4.34. The Morgan fingerprint density at radius 1 is 1.35 bits per heavy atom. The van der Waals surface area contributed by atoms with Gasteiger partial charge in [0.25, 0.3) is 0 Å². The molecule has 2 N–H and O–H groups in total. The average molecular weight is 241 g/mol. The fraction of sp³-hybridized carbons (Fsp3) is 1.00. The molecule has 0 aromatic carbocycles. The lowest BCUT2D eigenvalue weighted by molar-refractivity contribution is 0.0283. The molecule has 2 heterocycles. The van der Waals surface area contributed by atoms with E-state index in [9.17, 15) is 0 Å². The van der Waals surface area contributed by atoms with Crippen LogP contribution < -0.4 is 5.73 Å². The number of nitrogens with two attached hydrogens (primary N) is 1. The van der Waals surface area contributed by atoms with Crippen LogP contribution in [0.3, 0.4) is 0 Å². The Hall–Kier alpha value is -0.160. The van der Waals surface area contributed by atoms with Crippen molar-refractivity contribution in [2.75, 3.05) is 46.9 Å². The van der Waals surface area contributed by atoms with Crippen molar-refractivity contribution in [1.29, 1.82) is 0 Å². The van der Waals surface area contributed by atoms with E-state index in [4.69, 9.17) is 10.5 Å². The van der Waals surface area contributed by atoms with Crippen molar-refractivity contribution in [3.05, 3.63) is 0 Å². The molecule has 2 saturated heterocycles. The topological polar surface area (TPSA) is 41.7 Å². The molecule has 0 aliphatic carbocycles. The zero-order valence-electron chi connectivity index (χ0n) is 11.4. The Bertz CT molecular complexity index is 247. The summed E-state index contributed by atoms with van der Waals surface area (Å²) in [5.74, 6) is 1.28. The van der Waals surface area contributed by atoms with Crippen LogP contribution in [-0.4, -0.2) is 68.8 Å². The first-order chi connectivity index (χ1) is 8.08. The molecule has 4 heteroatoms. The summed E-state index contributed by atoms with van der Waals surface area (Å²) in [4.78, 5) is 4.91. The van der Waals surface area contributed by atoms with E-state index in [-0.39, 0.29) is 0 Å². The predicted octanol–water partition coefficient (Wildman–Crippen LogP) is 0.232. The van der Waals surface area contributed by atoms with Crippen LogP contribution in [-0.2, 0) is 4.74 Å². The van der Waals surface area contributed by atoms with Gasteiger partial charge in [0.15, 0.2) is 0 Å². The maximum atomic E-state index is 6.17. The molecule has 4 unspecified atom stereocenters. The third-order valence-electron chi connectivity index (χ3n) is 4.34. The van der Waals surface area contributed by atoms with Gasteiger partial charge in [-0.15, -0.1) is 0 Å². The number of hydrogen-bond donors (Lipinski definition) is 1.